The molecule has 17 heavy (non-hydrogen) atoms. The maximum atomic E-state index is 6.01. The molecule has 3 heteroatoms. The van der Waals surface area contributed by atoms with Crippen molar-refractivity contribution in [1.29, 1.82) is 0 Å². The first-order valence-corrected chi connectivity index (χ1v) is 7.37. The SMILES string of the molecule is CCCC1CCN(C(CN)C2CCCOC2)C1. The van der Waals surface area contributed by atoms with Crippen molar-refractivity contribution >= 4 is 0 Å². The van der Waals surface area contributed by atoms with Crippen molar-refractivity contribution in [3.63, 3.8) is 0 Å². The highest BCUT2D eigenvalue weighted by molar-refractivity contribution is 4.87. The number of nitrogens with two attached hydrogens (primary N) is 1. The zero-order valence-electron chi connectivity index (χ0n) is 11.2. The molecule has 0 aliphatic carbocycles. The highest BCUT2D eigenvalue weighted by Gasteiger charge is 2.32. The van der Waals surface area contributed by atoms with E-state index in [0.717, 1.165) is 25.7 Å². The lowest BCUT2D eigenvalue weighted by atomic mass is 9.92. The van der Waals surface area contributed by atoms with Gasteiger partial charge in [0.15, 0.2) is 0 Å². The van der Waals surface area contributed by atoms with Crippen LogP contribution in [0, 0.1) is 11.8 Å². The van der Waals surface area contributed by atoms with Crippen LogP contribution < -0.4 is 5.73 Å². The molecule has 0 aromatic heterocycles. The summed E-state index contributed by atoms with van der Waals surface area (Å²) in [5.41, 5.74) is 6.01. The fourth-order valence-electron chi connectivity index (χ4n) is 3.52. The molecule has 2 N–H and O–H groups in total. The predicted octanol–water partition coefficient (Wildman–Crippen LogP) is 1.86. The third-order valence-electron chi connectivity index (χ3n) is 4.46. The molecule has 0 aromatic carbocycles. The molecule has 100 valence electrons. The Morgan fingerprint density at radius 2 is 2.29 bits per heavy atom. The van der Waals surface area contributed by atoms with Crippen LogP contribution in [-0.2, 0) is 4.74 Å². The summed E-state index contributed by atoms with van der Waals surface area (Å²) >= 11 is 0. The number of likely N-dealkylation sites (tertiary alicyclic amines) is 1. The number of hydrogen-bond acceptors (Lipinski definition) is 3. The third kappa shape index (κ3) is 3.43. The van der Waals surface area contributed by atoms with Crippen molar-refractivity contribution in [2.45, 2.75) is 45.1 Å². The van der Waals surface area contributed by atoms with Crippen LogP contribution in [-0.4, -0.2) is 43.8 Å². The first-order chi connectivity index (χ1) is 8.35. The lowest BCUT2D eigenvalue weighted by molar-refractivity contribution is 0.0159. The Hall–Kier alpha value is -0.120. The summed E-state index contributed by atoms with van der Waals surface area (Å²) in [5.74, 6) is 1.59. The Morgan fingerprint density at radius 3 is 2.94 bits per heavy atom. The molecular weight excluding hydrogens is 212 g/mol. The minimum Gasteiger partial charge on any atom is -0.381 e. The fourth-order valence-corrected chi connectivity index (χ4v) is 3.52. The highest BCUT2D eigenvalue weighted by atomic mass is 16.5. The molecule has 0 aromatic rings. The fraction of sp³-hybridized carbons (Fsp3) is 1.00. The van der Waals surface area contributed by atoms with Gasteiger partial charge in [0.1, 0.15) is 0 Å². The predicted molar refractivity (Wildman–Crippen MR) is 71.0 cm³/mol. The summed E-state index contributed by atoms with van der Waals surface area (Å²) in [6.07, 6.45) is 6.59. The second-order valence-corrected chi connectivity index (χ2v) is 5.72. The molecule has 2 rings (SSSR count). The largest absolute Gasteiger partial charge is 0.381 e. The summed E-state index contributed by atoms with van der Waals surface area (Å²) in [6, 6.07) is 0.567. The van der Waals surface area contributed by atoms with Crippen LogP contribution in [0.25, 0.3) is 0 Å². The monoisotopic (exact) mass is 240 g/mol. The van der Waals surface area contributed by atoms with E-state index in [4.69, 9.17) is 10.5 Å². The minimum absolute atomic E-state index is 0.567. The zero-order chi connectivity index (χ0) is 12.1. The molecule has 2 fully saturated rings. The van der Waals surface area contributed by atoms with Crippen LogP contribution >= 0.6 is 0 Å². The topological polar surface area (TPSA) is 38.5 Å². The molecule has 0 radical (unpaired) electrons. The molecule has 3 nitrogen and oxygen atoms in total. The second-order valence-electron chi connectivity index (χ2n) is 5.72. The van der Waals surface area contributed by atoms with Crippen LogP contribution in [0.15, 0.2) is 0 Å². The summed E-state index contributed by atoms with van der Waals surface area (Å²) in [4.78, 5) is 2.64. The van der Waals surface area contributed by atoms with Gasteiger partial charge in [-0.2, -0.15) is 0 Å². The van der Waals surface area contributed by atoms with Crippen molar-refractivity contribution in [2.24, 2.45) is 17.6 Å². The molecule has 0 amide bonds. The van der Waals surface area contributed by atoms with Crippen LogP contribution in [0.5, 0.6) is 0 Å². The highest BCUT2D eigenvalue weighted by Crippen LogP contribution is 2.28. The lowest BCUT2D eigenvalue weighted by Crippen LogP contribution is -2.47. The van der Waals surface area contributed by atoms with Gasteiger partial charge in [-0.25, -0.2) is 0 Å². The Kier molecular flexibility index (Phi) is 5.26. The van der Waals surface area contributed by atoms with Crippen LogP contribution in [0.4, 0.5) is 0 Å². The van der Waals surface area contributed by atoms with Crippen molar-refractivity contribution in [3.05, 3.63) is 0 Å². The van der Waals surface area contributed by atoms with Crippen LogP contribution in [0.1, 0.15) is 39.0 Å². The maximum absolute atomic E-state index is 6.01. The van der Waals surface area contributed by atoms with E-state index in [1.807, 2.05) is 0 Å². The number of hydrogen-bond donors (Lipinski definition) is 1. The van der Waals surface area contributed by atoms with Crippen molar-refractivity contribution in [2.75, 3.05) is 32.8 Å². The molecule has 2 aliphatic heterocycles. The lowest BCUT2D eigenvalue weighted by Gasteiger charge is -2.35. The summed E-state index contributed by atoms with van der Waals surface area (Å²) < 4.78 is 5.62. The summed E-state index contributed by atoms with van der Waals surface area (Å²) in [6.45, 7) is 7.49. The number of rotatable bonds is 5. The van der Waals surface area contributed by atoms with Crippen molar-refractivity contribution in [1.82, 2.24) is 4.90 Å². The molecular formula is C14H28N2O. The average Bonchev–Trinajstić information content (AvgIpc) is 2.81. The first-order valence-electron chi connectivity index (χ1n) is 7.37. The van der Waals surface area contributed by atoms with Gasteiger partial charge in [-0.1, -0.05) is 13.3 Å². The number of ether oxygens (including phenoxy) is 1. The van der Waals surface area contributed by atoms with E-state index >= 15 is 0 Å². The maximum Gasteiger partial charge on any atom is 0.0509 e. The van der Waals surface area contributed by atoms with E-state index in [9.17, 15) is 0 Å². The van der Waals surface area contributed by atoms with Crippen molar-refractivity contribution in [3.8, 4) is 0 Å². The van der Waals surface area contributed by atoms with E-state index < -0.39 is 0 Å². The van der Waals surface area contributed by atoms with E-state index in [-0.39, 0.29) is 0 Å². The Labute approximate surface area is 106 Å². The van der Waals surface area contributed by atoms with Gasteiger partial charge in [-0.15, -0.1) is 0 Å². The van der Waals surface area contributed by atoms with E-state index in [1.165, 1.54) is 45.2 Å². The van der Waals surface area contributed by atoms with Gasteiger partial charge in [-0.3, -0.25) is 4.90 Å². The van der Waals surface area contributed by atoms with Gasteiger partial charge in [0.05, 0.1) is 6.61 Å². The standard InChI is InChI=1S/C14H28N2O/c1-2-4-12-6-7-16(10-12)14(9-15)13-5-3-8-17-11-13/h12-14H,2-11,15H2,1H3. The van der Waals surface area contributed by atoms with Gasteiger partial charge in [0.25, 0.3) is 0 Å². The van der Waals surface area contributed by atoms with Crippen molar-refractivity contribution < 1.29 is 4.74 Å². The second kappa shape index (κ2) is 6.72. The molecule has 3 unspecified atom stereocenters. The van der Waals surface area contributed by atoms with Gasteiger partial charge in [-0.05, 0) is 44.1 Å². The average molecular weight is 240 g/mol. The quantitative estimate of drug-likeness (QED) is 0.797. The number of nitrogens with zero attached hydrogens (tertiary/aromatic N) is 1. The minimum atomic E-state index is 0.567. The molecule has 2 aliphatic rings. The van der Waals surface area contributed by atoms with E-state index in [2.05, 4.69) is 11.8 Å². The molecule has 0 bridgehead atoms. The Bertz CT molecular complexity index is 216. The Balaban J connectivity index is 1.85. The Morgan fingerprint density at radius 1 is 1.41 bits per heavy atom. The molecule has 0 saturated carbocycles. The third-order valence-corrected chi connectivity index (χ3v) is 4.46. The van der Waals surface area contributed by atoms with Gasteiger partial charge in [0.2, 0.25) is 0 Å². The van der Waals surface area contributed by atoms with Crippen LogP contribution in [0.3, 0.4) is 0 Å². The molecule has 2 heterocycles. The molecule has 2 saturated heterocycles. The van der Waals surface area contributed by atoms with Gasteiger partial charge < -0.3 is 10.5 Å². The molecule has 3 atom stereocenters. The van der Waals surface area contributed by atoms with E-state index in [0.29, 0.717) is 12.0 Å². The first kappa shape index (κ1) is 13.3. The van der Waals surface area contributed by atoms with Gasteiger partial charge >= 0.3 is 0 Å². The smallest absolute Gasteiger partial charge is 0.0509 e. The zero-order valence-corrected chi connectivity index (χ0v) is 11.2. The molecule has 0 spiro atoms. The normalized spacial score (nSPS) is 32.8. The summed E-state index contributed by atoms with van der Waals surface area (Å²) in [7, 11) is 0. The van der Waals surface area contributed by atoms with Gasteiger partial charge in [0, 0.05) is 25.7 Å². The van der Waals surface area contributed by atoms with Crippen LogP contribution in [0.2, 0.25) is 0 Å². The summed E-state index contributed by atoms with van der Waals surface area (Å²) in [5, 5.41) is 0. The van der Waals surface area contributed by atoms with E-state index in [1.54, 1.807) is 0 Å².